The monoisotopic (exact) mass is 265 g/mol. The van der Waals surface area contributed by atoms with Crippen LogP contribution < -0.4 is 4.74 Å². The van der Waals surface area contributed by atoms with Gasteiger partial charge in [-0.2, -0.15) is 0 Å². The molecular weight excluding hydrogens is 242 g/mol. The highest BCUT2D eigenvalue weighted by molar-refractivity contribution is 5.75. The van der Waals surface area contributed by atoms with Gasteiger partial charge in [-0.25, -0.2) is 0 Å². The van der Waals surface area contributed by atoms with Crippen molar-refractivity contribution in [3.8, 4) is 5.75 Å². The van der Waals surface area contributed by atoms with Crippen molar-refractivity contribution >= 4 is 5.91 Å². The lowest BCUT2D eigenvalue weighted by atomic mass is 10.2. The third-order valence-electron chi connectivity index (χ3n) is 2.87. The number of carbonyl (C=O) groups is 1. The van der Waals surface area contributed by atoms with Gasteiger partial charge in [0.2, 0.25) is 5.91 Å². The fourth-order valence-corrected chi connectivity index (χ4v) is 1.71. The molecule has 1 rings (SSSR count). The lowest BCUT2D eigenvalue weighted by Crippen LogP contribution is -2.28. The third kappa shape index (κ3) is 6.82. The molecule has 19 heavy (non-hydrogen) atoms. The summed E-state index contributed by atoms with van der Waals surface area (Å²) in [4.78, 5) is 13.4. The Kier molecular flexibility index (Phi) is 7.66. The topological polar surface area (TPSA) is 49.8 Å². The van der Waals surface area contributed by atoms with E-state index in [1.807, 2.05) is 37.4 Å². The summed E-state index contributed by atoms with van der Waals surface area (Å²) in [5, 5.41) is 8.66. The Morgan fingerprint density at radius 3 is 2.63 bits per heavy atom. The number of unbranched alkanes of at least 4 members (excludes halogenated alkanes) is 1. The molecule has 0 atom stereocenters. The molecule has 0 saturated carbocycles. The summed E-state index contributed by atoms with van der Waals surface area (Å²) < 4.78 is 5.56. The lowest BCUT2D eigenvalue weighted by molar-refractivity contribution is -0.130. The van der Waals surface area contributed by atoms with Gasteiger partial charge in [0.05, 0.1) is 6.61 Å². The molecule has 0 heterocycles. The SMILES string of the molecule is CN(CCCOc1ccccc1)C(=O)CCCCO. The van der Waals surface area contributed by atoms with E-state index in [4.69, 9.17) is 9.84 Å². The van der Waals surface area contributed by atoms with E-state index in [0.29, 0.717) is 26.0 Å². The molecule has 0 aliphatic rings. The molecule has 4 heteroatoms. The number of amides is 1. The summed E-state index contributed by atoms with van der Waals surface area (Å²) in [7, 11) is 1.81. The third-order valence-corrected chi connectivity index (χ3v) is 2.87. The first-order valence-corrected chi connectivity index (χ1v) is 6.76. The molecule has 0 saturated heterocycles. The Labute approximate surface area is 115 Å². The van der Waals surface area contributed by atoms with Crippen LogP contribution in [0.1, 0.15) is 25.7 Å². The highest BCUT2D eigenvalue weighted by atomic mass is 16.5. The predicted molar refractivity (Wildman–Crippen MR) is 75.1 cm³/mol. The molecule has 106 valence electrons. The van der Waals surface area contributed by atoms with Crippen LogP contribution in [0.3, 0.4) is 0 Å². The molecule has 1 aromatic rings. The molecule has 0 spiro atoms. The summed E-state index contributed by atoms with van der Waals surface area (Å²) in [6.45, 7) is 1.46. The maximum atomic E-state index is 11.7. The second-order valence-electron chi connectivity index (χ2n) is 4.51. The molecule has 0 fully saturated rings. The minimum Gasteiger partial charge on any atom is -0.494 e. The Balaban J connectivity index is 2.09. The van der Waals surface area contributed by atoms with E-state index < -0.39 is 0 Å². The Morgan fingerprint density at radius 2 is 1.95 bits per heavy atom. The molecule has 0 aliphatic heterocycles. The zero-order valence-corrected chi connectivity index (χ0v) is 11.5. The van der Waals surface area contributed by atoms with Crippen LogP contribution in [-0.2, 0) is 4.79 Å². The predicted octanol–water partition coefficient (Wildman–Crippen LogP) is 2.08. The largest absolute Gasteiger partial charge is 0.494 e. The van der Waals surface area contributed by atoms with Gasteiger partial charge in [-0.05, 0) is 31.4 Å². The normalized spacial score (nSPS) is 10.2. The van der Waals surface area contributed by atoms with E-state index in [1.54, 1.807) is 4.90 Å². The van der Waals surface area contributed by atoms with Crippen molar-refractivity contribution in [1.29, 1.82) is 0 Å². The maximum absolute atomic E-state index is 11.7. The molecule has 0 aromatic heterocycles. The number of benzene rings is 1. The second-order valence-corrected chi connectivity index (χ2v) is 4.51. The fraction of sp³-hybridized carbons (Fsp3) is 0.533. The first-order chi connectivity index (χ1) is 9.24. The maximum Gasteiger partial charge on any atom is 0.222 e. The molecule has 1 N–H and O–H groups in total. The summed E-state index contributed by atoms with van der Waals surface area (Å²) in [5.41, 5.74) is 0. The standard InChI is InChI=1S/C15H23NO3/c1-16(15(18)10-5-6-12-17)11-7-13-19-14-8-3-2-4-9-14/h2-4,8-9,17H,5-7,10-13H2,1H3. The highest BCUT2D eigenvalue weighted by Gasteiger charge is 2.07. The zero-order valence-electron chi connectivity index (χ0n) is 11.5. The van der Waals surface area contributed by atoms with Gasteiger partial charge in [0.1, 0.15) is 5.75 Å². The van der Waals surface area contributed by atoms with Crippen molar-refractivity contribution in [2.24, 2.45) is 0 Å². The molecular formula is C15H23NO3. The van der Waals surface area contributed by atoms with Crippen molar-refractivity contribution in [3.05, 3.63) is 30.3 Å². The minimum absolute atomic E-state index is 0.133. The molecule has 4 nitrogen and oxygen atoms in total. The Bertz CT molecular complexity index is 354. The minimum atomic E-state index is 0.133. The van der Waals surface area contributed by atoms with Gasteiger partial charge in [-0.15, -0.1) is 0 Å². The lowest BCUT2D eigenvalue weighted by Gasteiger charge is -2.17. The number of nitrogens with zero attached hydrogens (tertiary/aromatic N) is 1. The molecule has 0 unspecified atom stereocenters. The molecule has 0 bridgehead atoms. The van der Waals surface area contributed by atoms with Gasteiger partial charge in [0, 0.05) is 26.6 Å². The van der Waals surface area contributed by atoms with Gasteiger partial charge in [-0.3, -0.25) is 4.79 Å². The van der Waals surface area contributed by atoms with E-state index in [-0.39, 0.29) is 12.5 Å². The van der Waals surface area contributed by atoms with Crippen molar-refractivity contribution in [3.63, 3.8) is 0 Å². The number of hydrogen-bond donors (Lipinski definition) is 1. The van der Waals surface area contributed by atoms with E-state index >= 15 is 0 Å². The van der Waals surface area contributed by atoms with E-state index in [2.05, 4.69) is 0 Å². The number of aliphatic hydroxyl groups excluding tert-OH is 1. The van der Waals surface area contributed by atoms with Crippen LogP contribution in [0.25, 0.3) is 0 Å². The van der Waals surface area contributed by atoms with Crippen LogP contribution in [0.5, 0.6) is 5.75 Å². The quantitative estimate of drug-likeness (QED) is 0.695. The number of carbonyl (C=O) groups excluding carboxylic acids is 1. The van der Waals surface area contributed by atoms with Crippen LogP contribution in [-0.4, -0.2) is 42.7 Å². The highest BCUT2D eigenvalue weighted by Crippen LogP contribution is 2.08. The first-order valence-electron chi connectivity index (χ1n) is 6.76. The molecule has 1 amide bonds. The number of rotatable bonds is 9. The van der Waals surface area contributed by atoms with Crippen molar-refractivity contribution in [1.82, 2.24) is 4.90 Å². The summed E-state index contributed by atoms with van der Waals surface area (Å²) in [6, 6.07) is 9.66. The van der Waals surface area contributed by atoms with Gasteiger partial charge >= 0.3 is 0 Å². The molecule has 0 radical (unpaired) electrons. The van der Waals surface area contributed by atoms with Crippen molar-refractivity contribution < 1.29 is 14.6 Å². The average molecular weight is 265 g/mol. The summed E-state index contributed by atoms with van der Waals surface area (Å²) in [6.07, 6.45) is 2.77. The summed E-state index contributed by atoms with van der Waals surface area (Å²) in [5.74, 6) is 0.993. The Morgan fingerprint density at radius 1 is 1.21 bits per heavy atom. The van der Waals surface area contributed by atoms with Crippen LogP contribution in [0, 0.1) is 0 Å². The number of aliphatic hydroxyl groups is 1. The number of ether oxygens (including phenoxy) is 1. The van der Waals surface area contributed by atoms with E-state index in [1.165, 1.54) is 0 Å². The van der Waals surface area contributed by atoms with E-state index in [9.17, 15) is 4.79 Å². The molecule has 0 aliphatic carbocycles. The van der Waals surface area contributed by atoms with Gasteiger partial charge in [0.25, 0.3) is 0 Å². The molecule has 1 aromatic carbocycles. The van der Waals surface area contributed by atoms with Crippen molar-refractivity contribution in [2.45, 2.75) is 25.7 Å². The fourth-order valence-electron chi connectivity index (χ4n) is 1.71. The van der Waals surface area contributed by atoms with Gasteiger partial charge < -0.3 is 14.7 Å². The van der Waals surface area contributed by atoms with Crippen LogP contribution in [0.4, 0.5) is 0 Å². The first kappa shape index (κ1) is 15.5. The second kappa shape index (κ2) is 9.39. The smallest absolute Gasteiger partial charge is 0.222 e. The van der Waals surface area contributed by atoms with Crippen LogP contribution in [0.15, 0.2) is 30.3 Å². The number of para-hydroxylation sites is 1. The average Bonchev–Trinajstić information content (AvgIpc) is 2.44. The Hall–Kier alpha value is -1.55. The van der Waals surface area contributed by atoms with Gasteiger partial charge in [0.15, 0.2) is 0 Å². The van der Waals surface area contributed by atoms with Crippen molar-refractivity contribution in [2.75, 3.05) is 26.8 Å². The van der Waals surface area contributed by atoms with E-state index in [0.717, 1.165) is 18.6 Å². The zero-order chi connectivity index (χ0) is 13.9. The van der Waals surface area contributed by atoms with Crippen LogP contribution in [0.2, 0.25) is 0 Å². The summed E-state index contributed by atoms with van der Waals surface area (Å²) >= 11 is 0. The number of hydrogen-bond acceptors (Lipinski definition) is 3. The van der Waals surface area contributed by atoms with Gasteiger partial charge in [-0.1, -0.05) is 18.2 Å². The van der Waals surface area contributed by atoms with Crippen LogP contribution >= 0.6 is 0 Å².